The van der Waals surface area contributed by atoms with Crippen LogP contribution in [0.25, 0.3) is 32.6 Å². The van der Waals surface area contributed by atoms with Gasteiger partial charge in [0.1, 0.15) is 17.1 Å². The number of carbonyl (C=O) groups is 2. The van der Waals surface area contributed by atoms with Crippen molar-refractivity contribution < 1.29 is 28.5 Å². The first-order valence-corrected chi connectivity index (χ1v) is 12.8. The fourth-order valence-corrected chi connectivity index (χ4v) is 5.38. The number of aryl methyl sites for hydroxylation is 1. The largest absolute Gasteiger partial charge is 0.496 e. The SMILES string of the molecule is CCC(=O)OC1c2c(cc(OC)c3c(=O)c4c5ccccc5ccc4n(C)c23)OC(C)(C)C1OC(=O)CC. The Bertz CT molecular complexity index is 1670. The maximum absolute atomic E-state index is 14.2. The lowest BCUT2D eigenvalue weighted by molar-refractivity contribution is -0.190. The fraction of sp³-hybridized carbons (Fsp3) is 0.367. The number of methoxy groups -OCH3 is 1. The highest BCUT2D eigenvalue weighted by Crippen LogP contribution is 2.49. The Kier molecular flexibility index (Phi) is 6.29. The van der Waals surface area contributed by atoms with E-state index in [-0.39, 0.29) is 18.3 Å². The number of nitrogens with zero attached hydrogens (tertiary/aromatic N) is 1. The van der Waals surface area contributed by atoms with Gasteiger partial charge in [-0.15, -0.1) is 0 Å². The maximum atomic E-state index is 14.2. The molecule has 8 nitrogen and oxygen atoms in total. The molecule has 1 aliphatic rings. The van der Waals surface area contributed by atoms with Crippen molar-refractivity contribution in [1.82, 2.24) is 4.57 Å². The van der Waals surface area contributed by atoms with Gasteiger partial charge in [-0.2, -0.15) is 0 Å². The summed E-state index contributed by atoms with van der Waals surface area (Å²) in [6.07, 6.45) is -1.68. The molecule has 0 saturated heterocycles. The number of hydrogen-bond donors (Lipinski definition) is 0. The molecular weight excluding hydrogens is 486 g/mol. The number of benzene rings is 3. The minimum Gasteiger partial charge on any atom is -0.496 e. The average Bonchev–Trinajstić information content (AvgIpc) is 2.91. The van der Waals surface area contributed by atoms with Gasteiger partial charge in [-0.1, -0.05) is 44.2 Å². The highest BCUT2D eigenvalue weighted by atomic mass is 16.6. The lowest BCUT2D eigenvalue weighted by atomic mass is 9.86. The van der Waals surface area contributed by atoms with Crippen molar-refractivity contribution in [2.75, 3.05) is 7.11 Å². The van der Waals surface area contributed by atoms with Crippen molar-refractivity contribution >= 4 is 44.5 Å². The molecule has 8 heteroatoms. The Labute approximate surface area is 220 Å². The molecule has 0 fully saturated rings. The van der Waals surface area contributed by atoms with Crippen LogP contribution in [-0.2, 0) is 26.1 Å². The summed E-state index contributed by atoms with van der Waals surface area (Å²) >= 11 is 0. The minimum atomic E-state index is -1.04. The van der Waals surface area contributed by atoms with Gasteiger partial charge in [0.25, 0.3) is 0 Å². The van der Waals surface area contributed by atoms with E-state index in [4.69, 9.17) is 18.9 Å². The summed E-state index contributed by atoms with van der Waals surface area (Å²) in [5, 5.41) is 2.66. The highest BCUT2D eigenvalue weighted by molar-refractivity contribution is 6.11. The lowest BCUT2D eigenvalue weighted by Gasteiger charge is -2.43. The number of esters is 2. The molecule has 0 amide bonds. The van der Waals surface area contributed by atoms with Crippen LogP contribution in [0.15, 0.2) is 47.3 Å². The standard InChI is InChI=1S/C30H31NO7/c1-7-21(32)36-28-25-20(38-30(3,4)29(28)37-22(33)8-2)15-19(35-6)24-26(25)31(5)18-14-13-16-11-9-10-12-17(16)23(18)27(24)34/h9-15,28-29H,7-8H2,1-6H3. The molecule has 2 atom stereocenters. The van der Waals surface area contributed by atoms with E-state index < -0.39 is 29.7 Å². The quantitative estimate of drug-likeness (QED) is 0.200. The average molecular weight is 518 g/mol. The van der Waals surface area contributed by atoms with Gasteiger partial charge in [0.15, 0.2) is 12.2 Å². The number of aromatic nitrogens is 1. The summed E-state index contributed by atoms with van der Waals surface area (Å²) in [5.74, 6) is -0.171. The zero-order valence-corrected chi connectivity index (χ0v) is 22.4. The molecule has 0 N–H and O–H groups in total. The smallest absolute Gasteiger partial charge is 0.306 e. The van der Waals surface area contributed by atoms with Crippen molar-refractivity contribution in [3.63, 3.8) is 0 Å². The van der Waals surface area contributed by atoms with E-state index in [2.05, 4.69) is 0 Å². The molecule has 2 heterocycles. The van der Waals surface area contributed by atoms with Crippen LogP contribution >= 0.6 is 0 Å². The first-order valence-electron chi connectivity index (χ1n) is 12.8. The third-order valence-corrected chi connectivity index (χ3v) is 7.26. The van der Waals surface area contributed by atoms with E-state index in [1.54, 1.807) is 33.8 Å². The lowest BCUT2D eigenvalue weighted by Crippen LogP contribution is -2.52. The molecule has 1 aromatic heterocycles. The molecule has 5 rings (SSSR count). The second-order valence-corrected chi connectivity index (χ2v) is 10.0. The number of rotatable bonds is 5. The maximum Gasteiger partial charge on any atom is 0.306 e. The molecule has 0 bridgehead atoms. The van der Waals surface area contributed by atoms with Crippen molar-refractivity contribution in [2.24, 2.45) is 7.05 Å². The topological polar surface area (TPSA) is 93.1 Å². The molecule has 4 aromatic rings. The molecule has 198 valence electrons. The van der Waals surface area contributed by atoms with Crippen LogP contribution in [0.4, 0.5) is 0 Å². The van der Waals surface area contributed by atoms with Crippen molar-refractivity contribution in [1.29, 1.82) is 0 Å². The number of pyridine rings is 1. The number of ether oxygens (including phenoxy) is 4. The van der Waals surface area contributed by atoms with Crippen LogP contribution in [0.5, 0.6) is 11.5 Å². The summed E-state index contributed by atoms with van der Waals surface area (Å²) in [6, 6.07) is 13.2. The fourth-order valence-electron chi connectivity index (χ4n) is 5.38. The van der Waals surface area contributed by atoms with Crippen molar-refractivity contribution in [2.45, 2.75) is 58.3 Å². The van der Waals surface area contributed by atoms with E-state index in [1.165, 1.54) is 7.11 Å². The van der Waals surface area contributed by atoms with E-state index in [0.717, 1.165) is 10.8 Å². The van der Waals surface area contributed by atoms with Gasteiger partial charge < -0.3 is 23.5 Å². The second kappa shape index (κ2) is 9.35. The monoisotopic (exact) mass is 517 g/mol. The number of hydrogen-bond acceptors (Lipinski definition) is 7. The zero-order chi connectivity index (χ0) is 27.4. The molecule has 1 aliphatic heterocycles. The summed E-state index contributed by atoms with van der Waals surface area (Å²) in [4.78, 5) is 39.4. The van der Waals surface area contributed by atoms with Crippen molar-refractivity contribution in [3.05, 3.63) is 58.3 Å². The van der Waals surface area contributed by atoms with Gasteiger partial charge in [-0.05, 0) is 30.7 Å². The normalized spacial score (nSPS) is 18.2. The Balaban J connectivity index is 1.94. The van der Waals surface area contributed by atoms with Gasteiger partial charge in [0, 0.05) is 26.0 Å². The first kappa shape index (κ1) is 25.6. The van der Waals surface area contributed by atoms with E-state index in [1.807, 2.05) is 48.0 Å². The van der Waals surface area contributed by atoms with Crippen LogP contribution < -0.4 is 14.9 Å². The zero-order valence-electron chi connectivity index (χ0n) is 22.4. The third-order valence-electron chi connectivity index (χ3n) is 7.26. The molecule has 3 aromatic carbocycles. The molecule has 38 heavy (non-hydrogen) atoms. The minimum absolute atomic E-state index is 0.128. The Hall–Kier alpha value is -4.07. The summed E-state index contributed by atoms with van der Waals surface area (Å²) < 4.78 is 25.8. The Morgan fingerprint density at radius 2 is 1.68 bits per heavy atom. The van der Waals surface area contributed by atoms with Crippen LogP contribution in [-0.4, -0.2) is 35.3 Å². The van der Waals surface area contributed by atoms with Gasteiger partial charge in [-0.3, -0.25) is 14.4 Å². The van der Waals surface area contributed by atoms with E-state index >= 15 is 0 Å². The van der Waals surface area contributed by atoms with E-state index in [0.29, 0.717) is 38.9 Å². The van der Waals surface area contributed by atoms with Crippen molar-refractivity contribution in [3.8, 4) is 11.5 Å². The summed E-state index contributed by atoms with van der Waals surface area (Å²) in [5.41, 5.74) is 0.405. The summed E-state index contributed by atoms with van der Waals surface area (Å²) in [7, 11) is 3.35. The third kappa shape index (κ3) is 3.86. The molecule has 0 saturated carbocycles. The van der Waals surface area contributed by atoms with Crippen LogP contribution in [0, 0.1) is 0 Å². The van der Waals surface area contributed by atoms with Gasteiger partial charge in [0.05, 0.1) is 34.5 Å². The molecule has 0 spiro atoms. The van der Waals surface area contributed by atoms with Crippen LogP contribution in [0.1, 0.15) is 52.2 Å². The Morgan fingerprint density at radius 1 is 1.00 bits per heavy atom. The predicted octanol–water partition coefficient (Wildman–Crippen LogP) is 5.34. The Morgan fingerprint density at radius 3 is 2.37 bits per heavy atom. The highest BCUT2D eigenvalue weighted by Gasteiger charge is 2.50. The molecule has 0 radical (unpaired) electrons. The van der Waals surface area contributed by atoms with Crippen LogP contribution in [0.3, 0.4) is 0 Å². The number of carbonyl (C=O) groups excluding carboxylic acids is 2. The molecular formula is C30H31NO7. The summed E-state index contributed by atoms with van der Waals surface area (Å²) in [6.45, 7) is 6.94. The first-order chi connectivity index (χ1) is 18.1. The van der Waals surface area contributed by atoms with E-state index in [9.17, 15) is 14.4 Å². The predicted molar refractivity (Wildman–Crippen MR) is 145 cm³/mol. The van der Waals surface area contributed by atoms with Crippen LogP contribution in [0.2, 0.25) is 0 Å². The molecule has 0 aliphatic carbocycles. The molecule has 2 unspecified atom stereocenters. The second-order valence-electron chi connectivity index (χ2n) is 10.0. The van der Waals surface area contributed by atoms with Gasteiger partial charge in [0.2, 0.25) is 5.43 Å². The van der Waals surface area contributed by atoms with Gasteiger partial charge >= 0.3 is 11.9 Å². The number of fused-ring (bicyclic) bond motifs is 6. The van der Waals surface area contributed by atoms with Gasteiger partial charge in [-0.25, -0.2) is 0 Å².